The van der Waals surface area contributed by atoms with Crippen LogP contribution in [0.1, 0.15) is 13.8 Å². The molecule has 5 heteroatoms. The molecule has 1 spiro atoms. The summed E-state index contributed by atoms with van der Waals surface area (Å²) in [6.45, 7) is 6.40. The lowest BCUT2D eigenvalue weighted by atomic mass is 9.95. The van der Waals surface area contributed by atoms with E-state index in [-0.39, 0.29) is 11.3 Å². The first-order valence-corrected chi connectivity index (χ1v) is 5.02. The number of nitrogens with zero attached hydrogens (tertiary/aromatic N) is 5. The predicted molar refractivity (Wildman–Crippen MR) is 54.7 cm³/mol. The molecule has 0 N–H and O–H groups in total. The maximum absolute atomic E-state index is 4.35. The summed E-state index contributed by atoms with van der Waals surface area (Å²) in [5.74, 6) is -0.174. The van der Waals surface area contributed by atoms with E-state index in [1.54, 1.807) is 0 Å². The van der Waals surface area contributed by atoms with Crippen LogP contribution in [0.5, 0.6) is 0 Å². The minimum Gasteiger partial charge on any atom is -0.267 e. The zero-order valence-corrected chi connectivity index (χ0v) is 9.65. The molecular weight excluding hydrogens is 178 g/mol. The maximum Gasteiger partial charge on any atom is 0.194 e. The Labute approximate surface area is 85.3 Å². The molecule has 0 bridgehead atoms. The Bertz CT molecular complexity index is 262. The molecule has 1 saturated heterocycles. The van der Waals surface area contributed by atoms with Crippen molar-refractivity contribution in [3.8, 4) is 0 Å². The van der Waals surface area contributed by atoms with Crippen molar-refractivity contribution in [3.05, 3.63) is 0 Å². The van der Waals surface area contributed by atoms with E-state index < -0.39 is 0 Å². The van der Waals surface area contributed by atoms with Crippen LogP contribution >= 0.6 is 0 Å². The minimum absolute atomic E-state index is 0.174. The Hall–Kier alpha value is -0.680. The molecule has 0 amide bonds. The van der Waals surface area contributed by atoms with E-state index in [0.717, 1.165) is 13.1 Å². The summed E-state index contributed by atoms with van der Waals surface area (Å²) in [7, 11) is 6.27. The number of rotatable bonds is 0. The van der Waals surface area contributed by atoms with Crippen molar-refractivity contribution in [2.45, 2.75) is 25.2 Å². The van der Waals surface area contributed by atoms with E-state index in [9.17, 15) is 0 Å². The van der Waals surface area contributed by atoms with Gasteiger partial charge in [-0.3, -0.25) is 9.80 Å². The van der Waals surface area contributed by atoms with Gasteiger partial charge < -0.3 is 0 Å². The summed E-state index contributed by atoms with van der Waals surface area (Å²) >= 11 is 0. The standard InChI is InChI=1S/C9H19N5/c1-8(2)9(14(5)11-10-8)12(3)6-7-13(9)4/h6-7H2,1-5H3. The molecule has 2 aliphatic rings. The summed E-state index contributed by atoms with van der Waals surface area (Å²) in [5, 5.41) is 10.5. The van der Waals surface area contributed by atoms with Crippen LogP contribution in [0.15, 0.2) is 10.3 Å². The zero-order valence-electron chi connectivity index (χ0n) is 9.65. The lowest BCUT2D eigenvalue weighted by Gasteiger charge is -2.47. The summed E-state index contributed by atoms with van der Waals surface area (Å²) in [4.78, 5) is 4.65. The van der Waals surface area contributed by atoms with Gasteiger partial charge >= 0.3 is 0 Å². The van der Waals surface area contributed by atoms with Crippen LogP contribution in [0.2, 0.25) is 0 Å². The Kier molecular flexibility index (Phi) is 1.88. The largest absolute Gasteiger partial charge is 0.267 e. The van der Waals surface area contributed by atoms with Gasteiger partial charge in [-0.25, -0.2) is 5.01 Å². The fourth-order valence-corrected chi connectivity index (χ4v) is 3.04. The van der Waals surface area contributed by atoms with Crippen molar-refractivity contribution < 1.29 is 0 Å². The highest BCUT2D eigenvalue weighted by Crippen LogP contribution is 2.43. The van der Waals surface area contributed by atoms with Gasteiger partial charge in [0, 0.05) is 20.1 Å². The van der Waals surface area contributed by atoms with Gasteiger partial charge in [0.15, 0.2) is 5.79 Å². The summed E-state index contributed by atoms with van der Waals surface area (Å²) in [5.41, 5.74) is -0.179. The Balaban J connectivity index is 2.47. The van der Waals surface area contributed by atoms with Crippen molar-refractivity contribution >= 4 is 0 Å². The Morgan fingerprint density at radius 2 is 1.50 bits per heavy atom. The average molecular weight is 197 g/mol. The van der Waals surface area contributed by atoms with Crippen LogP contribution in [-0.2, 0) is 0 Å². The van der Waals surface area contributed by atoms with Crippen LogP contribution in [-0.4, -0.2) is 60.4 Å². The van der Waals surface area contributed by atoms with E-state index in [2.05, 4.69) is 48.1 Å². The highest BCUT2D eigenvalue weighted by atomic mass is 15.8. The molecular formula is C9H19N5. The summed E-state index contributed by atoms with van der Waals surface area (Å²) < 4.78 is 0. The van der Waals surface area contributed by atoms with Gasteiger partial charge in [-0.15, -0.1) is 0 Å². The van der Waals surface area contributed by atoms with Crippen molar-refractivity contribution in [2.75, 3.05) is 34.2 Å². The molecule has 0 radical (unpaired) electrons. The SMILES string of the molecule is CN1CCN(C)C12N(C)N=NC2(C)C. The smallest absolute Gasteiger partial charge is 0.194 e. The summed E-state index contributed by atoms with van der Waals surface area (Å²) in [6, 6.07) is 0. The third-order valence-electron chi connectivity index (χ3n) is 3.54. The molecule has 0 aromatic heterocycles. The first-order valence-electron chi connectivity index (χ1n) is 5.02. The molecule has 0 aromatic rings. The van der Waals surface area contributed by atoms with Crippen LogP contribution in [0.25, 0.3) is 0 Å². The second-order valence-electron chi connectivity index (χ2n) is 4.75. The monoisotopic (exact) mass is 197 g/mol. The third kappa shape index (κ3) is 0.866. The van der Waals surface area contributed by atoms with Crippen LogP contribution in [0.3, 0.4) is 0 Å². The number of hydrogen-bond acceptors (Lipinski definition) is 5. The molecule has 0 aliphatic carbocycles. The van der Waals surface area contributed by atoms with Gasteiger partial charge in [0.1, 0.15) is 5.54 Å². The fraction of sp³-hybridized carbons (Fsp3) is 1.00. The minimum atomic E-state index is -0.179. The predicted octanol–water partition coefficient (Wildman–Crippen LogP) is 0.609. The summed E-state index contributed by atoms with van der Waals surface area (Å²) in [6.07, 6.45) is 0. The lowest BCUT2D eigenvalue weighted by molar-refractivity contribution is -0.108. The van der Waals surface area contributed by atoms with Crippen LogP contribution in [0.4, 0.5) is 0 Å². The number of hydrogen-bond donors (Lipinski definition) is 0. The second-order valence-corrected chi connectivity index (χ2v) is 4.75. The quantitative estimate of drug-likeness (QED) is 0.570. The van der Waals surface area contributed by atoms with Gasteiger partial charge in [-0.2, -0.15) is 5.11 Å². The molecule has 0 saturated carbocycles. The van der Waals surface area contributed by atoms with E-state index >= 15 is 0 Å². The van der Waals surface area contributed by atoms with Gasteiger partial charge in [0.2, 0.25) is 0 Å². The molecule has 14 heavy (non-hydrogen) atoms. The average Bonchev–Trinajstić information content (AvgIpc) is 2.51. The van der Waals surface area contributed by atoms with E-state index in [4.69, 9.17) is 0 Å². The first-order chi connectivity index (χ1) is 6.43. The van der Waals surface area contributed by atoms with E-state index in [0.29, 0.717) is 0 Å². The van der Waals surface area contributed by atoms with E-state index in [1.807, 2.05) is 12.1 Å². The van der Waals surface area contributed by atoms with Crippen LogP contribution < -0.4 is 0 Å². The van der Waals surface area contributed by atoms with E-state index in [1.165, 1.54) is 0 Å². The fourth-order valence-electron chi connectivity index (χ4n) is 3.04. The molecule has 0 aromatic carbocycles. The third-order valence-corrected chi connectivity index (χ3v) is 3.54. The Morgan fingerprint density at radius 3 is 1.86 bits per heavy atom. The molecule has 2 aliphatic heterocycles. The van der Waals surface area contributed by atoms with Gasteiger partial charge in [-0.05, 0) is 27.9 Å². The van der Waals surface area contributed by atoms with Gasteiger partial charge in [0.25, 0.3) is 0 Å². The normalized spacial score (nSPS) is 30.8. The topological polar surface area (TPSA) is 34.4 Å². The highest BCUT2D eigenvalue weighted by molar-refractivity contribution is 5.08. The molecule has 2 heterocycles. The molecule has 5 nitrogen and oxygen atoms in total. The highest BCUT2D eigenvalue weighted by Gasteiger charge is 2.61. The number of likely N-dealkylation sites (N-methyl/N-ethyl adjacent to an activating group) is 3. The van der Waals surface area contributed by atoms with Crippen LogP contribution in [0, 0.1) is 0 Å². The van der Waals surface area contributed by atoms with Gasteiger partial charge in [0.05, 0.1) is 0 Å². The van der Waals surface area contributed by atoms with Crippen molar-refractivity contribution in [1.82, 2.24) is 14.8 Å². The maximum atomic E-state index is 4.35. The zero-order chi connectivity index (χ0) is 10.6. The molecule has 0 unspecified atom stereocenters. The van der Waals surface area contributed by atoms with Crippen molar-refractivity contribution in [2.24, 2.45) is 10.3 Å². The van der Waals surface area contributed by atoms with Crippen molar-refractivity contribution in [1.29, 1.82) is 0 Å². The lowest BCUT2D eigenvalue weighted by Crippen LogP contribution is -2.68. The first kappa shape index (κ1) is 9.86. The molecule has 80 valence electrons. The van der Waals surface area contributed by atoms with Crippen molar-refractivity contribution in [3.63, 3.8) is 0 Å². The Morgan fingerprint density at radius 1 is 1.00 bits per heavy atom. The second kappa shape index (κ2) is 2.67. The molecule has 1 fully saturated rings. The van der Waals surface area contributed by atoms with Gasteiger partial charge in [-0.1, -0.05) is 5.22 Å². The molecule has 0 atom stereocenters. The molecule has 2 rings (SSSR count).